The van der Waals surface area contributed by atoms with E-state index in [1.807, 2.05) is 6.92 Å². The summed E-state index contributed by atoms with van der Waals surface area (Å²) in [5.41, 5.74) is 2.18. The van der Waals surface area contributed by atoms with Crippen molar-refractivity contribution in [1.82, 2.24) is 9.97 Å². The highest BCUT2D eigenvalue weighted by Crippen LogP contribution is 2.30. The van der Waals surface area contributed by atoms with Gasteiger partial charge >= 0.3 is 0 Å². The van der Waals surface area contributed by atoms with Crippen molar-refractivity contribution in [3.63, 3.8) is 0 Å². The second-order valence-corrected chi connectivity index (χ2v) is 6.99. The Balaban J connectivity index is 2.13. The van der Waals surface area contributed by atoms with Gasteiger partial charge < -0.3 is 0 Å². The van der Waals surface area contributed by atoms with Crippen LogP contribution in [0.4, 0.5) is 17.1 Å². The Morgan fingerprint density at radius 2 is 1.72 bits per heavy atom. The maximum absolute atomic E-state index is 11.2. The van der Waals surface area contributed by atoms with Crippen molar-refractivity contribution in [3.05, 3.63) is 91.8 Å². The maximum Gasteiger partial charge on any atom is 0.271 e. The quantitative estimate of drug-likeness (QED) is 0.148. The van der Waals surface area contributed by atoms with Gasteiger partial charge in [-0.25, -0.2) is 15.0 Å². The van der Waals surface area contributed by atoms with Gasteiger partial charge in [0.25, 0.3) is 11.4 Å². The van der Waals surface area contributed by atoms with E-state index in [4.69, 9.17) is 0 Å². The van der Waals surface area contributed by atoms with E-state index in [1.165, 1.54) is 24.3 Å². The Bertz CT molecular complexity index is 1130. The highest BCUT2D eigenvalue weighted by Gasteiger charge is 2.15. The minimum absolute atomic E-state index is 0.0864. The molecule has 3 rings (SSSR count). The van der Waals surface area contributed by atoms with Gasteiger partial charge in [0.15, 0.2) is 5.16 Å². The largest absolute Gasteiger partial charge is 0.271 e. The van der Waals surface area contributed by atoms with Gasteiger partial charge in [-0.2, -0.15) is 0 Å². The summed E-state index contributed by atoms with van der Waals surface area (Å²) in [7, 11) is 0. The van der Waals surface area contributed by atoms with Crippen LogP contribution in [0.25, 0.3) is 0 Å². The molecule has 1 aromatic heterocycles. The molecule has 0 aliphatic heterocycles. The molecule has 0 saturated carbocycles. The van der Waals surface area contributed by atoms with E-state index in [2.05, 4.69) is 15.0 Å². The number of nitro benzene ring substituents is 2. The third-order valence-electron chi connectivity index (χ3n) is 3.89. The molecule has 0 bridgehead atoms. The molecule has 29 heavy (non-hydrogen) atoms. The molecule has 10 heteroatoms. The second kappa shape index (κ2) is 8.57. The molecule has 146 valence electrons. The zero-order chi connectivity index (χ0) is 21.0. The summed E-state index contributed by atoms with van der Waals surface area (Å²) in [5, 5.41) is 23.1. The fourth-order valence-electron chi connectivity index (χ4n) is 2.40. The van der Waals surface area contributed by atoms with Crippen molar-refractivity contribution in [3.8, 4) is 0 Å². The van der Waals surface area contributed by atoms with Gasteiger partial charge in [-0.05, 0) is 37.2 Å². The van der Waals surface area contributed by atoms with Crippen LogP contribution < -0.4 is 0 Å². The molecule has 2 aromatic carbocycles. The summed E-state index contributed by atoms with van der Waals surface area (Å²) in [6, 6.07) is 12.1. The number of hydrogen-bond acceptors (Lipinski definition) is 8. The Kier molecular flexibility index (Phi) is 5.93. The van der Waals surface area contributed by atoms with Crippen LogP contribution in [-0.2, 0) is 0 Å². The van der Waals surface area contributed by atoms with Crippen LogP contribution in [0.2, 0.25) is 0 Å². The van der Waals surface area contributed by atoms with Crippen LogP contribution in [0.5, 0.6) is 0 Å². The molecule has 0 spiro atoms. The van der Waals surface area contributed by atoms with E-state index in [-0.39, 0.29) is 11.4 Å². The molecular formula is C19H15N5O4S. The summed E-state index contributed by atoms with van der Waals surface area (Å²) < 4.78 is 0. The van der Waals surface area contributed by atoms with E-state index in [0.29, 0.717) is 21.5 Å². The number of non-ortho nitro benzene ring substituents is 2. The first-order chi connectivity index (χ1) is 13.8. The first-order valence-electron chi connectivity index (χ1n) is 8.39. The van der Waals surface area contributed by atoms with Crippen LogP contribution >= 0.6 is 11.8 Å². The van der Waals surface area contributed by atoms with Crippen molar-refractivity contribution in [1.29, 1.82) is 0 Å². The number of benzene rings is 2. The Labute approximate surface area is 169 Å². The lowest BCUT2D eigenvalue weighted by Crippen LogP contribution is -2.00. The zero-order valence-electron chi connectivity index (χ0n) is 15.5. The molecule has 0 aliphatic carbocycles. The average Bonchev–Trinajstić information content (AvgIpc) is 2.69. The van der Waals surface area contributed by atoms with Gasteiger partial charge in [0, 0.05) is 41.7 Å². The summed E-state index contributed by atoms with van der Waals surface area (Å²) in [4.78, 5) is 34.4. The fourth-order valence-corrected chi connectivity index (χ4v) is 3.27. The van der Waals surface area contributed by atoms with Crippen molar-refractivity contribution in [2.45, 2.75) is 19.0 Å². The first-order valence-corrected chi connectivity index (χ1v) is 9.21. The minimum Gasteiger partial charge on any atom is -0.258 e. The lowest BCUT2D eigenvalue weighted by atomic mass is 10.1. The normalized spacial score (nSPS) is 11.3. The molecule has 0 amide bonds. The molecule has 0 unspecified atom stereocenters. The topological polar surface area (TPSA) is 124 Å². The summed E-state index contributed by atoms with van der Waals surface area (Å²) in [6.07, 6.45) is 1.61. The predicted octanol–water partition coefficient (Wildman–Crippen LogP) is 4.78. The number of aromatic nitrogens is 2. The third-order valence-corrected chi connectivity index (χ3v) is 4.79. The number of nitrogens with zero attached hydrogens (tertiary/aromatic N) is 5. The number of nitro groups is 2. The van der Waals surface area contributed by atoms with Gasteiger partial charge in [-0.15, -0.1) is 0 Å². The number of thioether (sulfide) groups is 1. The summed E-state index contributed by atoms with van der Waals surface area (Å²) in [6.45, 7) is 3.60. The number of rotatable bonds is 5. The molecule has 0 radical (unpaired) electrons. The average molecular weight is 409 g/mol. The van der Waals surface area contributed by atoms with Crippen LogP contribution in [-0.4, -0.2) is 24.9 Å². The molecule has 9 nitrogen and oxygen atoms in total. The monoisotopic (exact) mass is 409 g/mol. The van der Waals surface area contributed by atoms with Crippen molar-refractivity contribution >= 4 is 33.9 Å². The number of aliphatic imine (C=N–C) groups is 1. The van der Waals surface area contributed by atoms with Gasteiger partial charge in [0.05, 0.1) is 15.5 Å². The van der Waals surface area contributed by atoms with Crippen LogP contribution in [0, 0.1) is 34.1 Å². The van der Waals surface area contributed by atoms with Crippen LogP contribution in [0.3, 0.4) is 0 Å². The van der Waals surface area contributed by atoms with Gasteiger partial charge in [0.2, 0.25) is 0 Å². The molecule has 1 heterocycles. The van der Waals surface area contributed by atoms with E-state index < -0.39 is 9.85 Å². The molecule has 0 fully saturated rings. The minimum atomic E-state index is -0.498. The predicted molar refractivity (Wildman–Crippen MR) is 110 cm³/mol. The second-order valence-electron chi connectivity index (χ2n) is 6.03. The first kappa shape index (κ1) is 20.1. The Hall–Kier alpha value is -3.66. The summed E-state index contributed by atoms with van der Waals surface area (Å²) in [5.74, 6) is 0. The van der Waals surface area contributed by atoms with E-state index in [9.17, 15) is 20.2 Å². The summed E-state index contributed by atoms with van der Waals surface area (Å²) >= 11 is 1.13. The molecule has 3 aromatic rings. The zero-order valence-corrected chi connectivity index (χ0v) is 16.3. The van der Waals surface area contributed by atoms with E-state index in [1.54, 1.807) is 37.4 Å². The van der Waals surface area contributed by atoms with Crippen molar-refractivity contribution < 1.29 is 9.85 Å². The Morgan fingerprint density at radius 1 is 1.00 bits per heavy atom. The SMILES string of the molecule is Cc1ccnc(SC(=Nc2cc([N+](=O)[O-])ccc2C)c2cccc([N+](=O)[O-])c2)n1. The van der Waals surface area contributed by atoms with Crippen LogP contribution in [0.15, 0.2) is 64.9 Å². The highest BCUT2D eigenvalue weighted by atomic mass is 32.2. The van der Waals surface area contributed by atoms with E-state index >= 15 is 0 Å². The van der Waals surface area contributed by atoms with Crippen molar-refractivity contribution in [2.24, 2.45) is 4.99 Å². The number of aryl methyl sites for hydroxylation is 2. The van der Waals surface area contributed by atoms with Gasteiger partial charge in [-0.3, -0.25) is 20.2 Å². The van der Waals surface area contributed by atoms with E-state index in [0.717, 1.165) is 23.0 Å². The smallest absolute Gasteiger partial charge is 0.258 e. The third kappa shape index (κ3) is 4.99. The lowest BCUT2D eigenvalue weighted by Gasteiger charge is -2.08. The fraction of sp³-hybridized carbons (Fsp3) is 0.105. The maximum atomic E-state index is 11.2. The van der Waals surface area contributed by atoms with Crippen molar-refractivity contribution in [2.75, 3.05) is 0 Å². The van der Waals surface area contributed by atoms with Gasteiger partial charge in [0.1, 0.15) is 5.04 Å². The van der Waals surface area contributed by atoms with Gasteiger partial charge in [-0.1, -0.05) is 18.2 Å². The molecule has 0 saturated heterocycles. The molecule has 0 atom stereocenters. The Morgan fingerprint density at radius 3 is 2.41 bits per heavy atom. The lowest BCUT2D eigenvalue weighted by molar-refractivity contribution is -0.385. The van der Waals surface area contributed by atoms with Crippen LogP contribution in [0.1, 0.15) is 16.8 Å². The number of hydrogen-bond donors (Lipinski definition) is 0. The molecular weight excluding hydrogens is 394 g/mol. The molecule has 0 N–H and O–H groups in total. The highest BCUT2D eigenvalue weighted by molar-refractivity contribution is 8.14. The standard InChI is InChI=1S/C19H15N5O4S/c1-12-6-7-16(24(27)28)11-17(12)22-18(29-19-20-9-8-13(2)21-19)14-4-3-5-15(10-14)23(25)26/h3-11H,1-2H3. The molecule has 0 aliphatic rings.